The van der Waals surface area contributed by atoms with Crippen LogP contribution in [0, 0.1) is 25.7 Å². The van der Waals surface area contributed by atoms with Gasteiger partial charge in [-0.25, -0.2) is 4.90 Å². The molecule has 0 aromatic heterocycles. The molecular weight excluding hydrogens is 282 g/mol. The highest BCUT2D eigenvalue weighted by atomic mass is 16.5. The van der Waals surface area contributed by atoms with Crippen LogP contribution in [0.5, 0.6) is 0 Å². The first-order valence-corrected chi connectivity index (χ1v) is 7.41. The van der Waals surface area contributed by atoms with Crippen LogP contribution in [0.15, 0.2) is 30.4 Å². The smallest absolute Gasteiger partial charge is 0.241 e. The number of aliphatic hydroxyl groups is 1. The van der Waals surface area contributed by atoms with E-state index in [4.69, 9.17) is 4.74 Å². The Balaban J connectivity index is 1.77. The maximum Gasteiger partial charge on any atom is 0.241 e. The maximum absolute atomic E-state index is 12.8. The fourth-order valence-electron chi connectivity index (χ4n) is 3.80. The molecule has 1 aromatic rings. The van der Waals surface area contributed by atoms with Crippen molar-refractivity contribution in [3.8, 4) is 0 Å². The van der Waals surface area contributed by atoms with Gasteiger partial charge in [-0.3, -0.25) is 9.59 Å². The summed E-state index contributed by atoms with van der Waals surface area (Å²) in [6.45, 7) is 3.65. The molecular formula is C17H17NO4. The van der Waals surface area contributed by atoms with Crippen LogP contribution < -0.4 is 4.90 Å². The molecule has 0 unspecified atom stereocenters. The van der Waals surface area contributed by atoms with Gasteiger partial charge in [-0.1, -0.05) is 18.2 Å². The molecule has 1 aromatic carbocycles. The van der Waals surface area contributed by atoms with Crippen molar-refractivity contribution in [2.45, 2.75) is 25.6 Å². The van der Waals surface area contributed by atoms with Gasteiger partial charge < -0.3 is 9.84 Å². The number of imide groups is 1. The summed E-state index contributed by atoms with van der Waals surface area (Å²) in [5.74, 6) is -1.66. The van der Waals surface area contributed by atoms with Gasteiger partial charge in [0.15, 0.2) is 0 Å². The van der Waals surface area contributed by atoms with Gasteiger partial charge in [-0.2, -0.15) is 0 Å². The number of anilines is 1. The van der Waals surface area contributed by atoms with Crippen molar-refractivity contribution in [1.29, 1.82) is 0 Å². The lowest BCUT2D eigenvalue weighted by atomic mass is 9.77. The van der Waals surface area contributed by atoms with Gasteiger partial charge in [0.1, 0.15) is 5.60 Å². The van der Waals surface area contributed by atoms with Crippen LogP contribution in [0.25, 0.3) is 0 Å². The summed E-state index contributed by atoms with van der Waals surface area (Å²) in [5, 5.41) is 9.67. The van der Waals surface area contributed by atoms with E-state index in [9.17, 15) is 14.7 Å². The number of rotatable bonds is 2. The number of amides is 2. The summed E-state index contributed by atoms with van der Waals surface area (Å²) in [7, 11) is 0. The van der Waals surface area contributed by atoms with Crippen molar-refractivity contribution >= 4 is 17.5 Å². The minimum absolute atomic E-state index is 0.233. The van der Waals surface area contributed by atoms with E-state index in [-0.39, 0.29) is 18.4 Å². The molecule has 114 valence electrons. The molecule has 4 atom stereocenters. The minimum atomic E-state index is -1.03. The normalized spacial score (nSPS) is 35.6. The Bertz CT molecular complexity index is 725. The first-order chi connectivity index (χ1) is 10.5. The van der Waals surface area contributed by atoms with Crippen molar-refractivity contribution in [2.24, 2.45) is 11.8 Å². The zero-order chi connectivity index (χ0) is 15.6. The number of carbonyl (C=O) groups excluding carboxylic acids is 2. The van der Waals surface area contributed by atoms with E-state index in [0.29, 0.717) is 5.69 Å². The minimum Gasteiger partial charge on any atom is -0.393 e. The molecule has 5 heteroatoms. The van der Waals surface area contributed by atoms with Gasteiger partial charge in [0, 0.05) is 0 Å². The second-order valence-corrected chi connectivity index (χ2v) is 6.34. The van der Waals surface area contributed by atoms with Gasteiger partial charge in [-0.05, 0) is 37.1 Å². The molecule has 2 fully saturated rings. The summed E-state index contributed by atoms with van der Waals surface area (Å²) < 4.78 is 5.71. The van der Waals surface area contributed by atoms with Crippen LogP contribution in [0.1, 0.15) is 11.1 Å². The Morgan fingerprint density at radius 3 is 2.68 bits per heavy atom. The number of carbonyl (C=O) groups is 2. The van der Waals surface area contributed by atoms with E-state index in [0.717, 1.165) is 11.1 Å². The molecule has 0 aliphatic carbocycles. The summed E-state index contributed by atoms with van der Waals surface area (Å²) in [6.07, 6.45) is 3.10. The van der Waals surface area contributed by atoms with Gasteiger partial charge >= 0.3 is 0 Å². The number of hydrogen-bond acceptors (Lipinski definition) is 4. The van der Waals surface area contributed by atoms with Crippen LogP contribution in [0.4, 0.5) is 5.69 Å². The Labute approximate surface area is 128 Å². The molecule has 0 radical (unpaired) electrons. The second-order valence-electron chi connectivity index (χ2n) is 6.34. The predicted octanol–water partition coefficient (Wildman–Crippen LogP) is 1.11. The summed E-state index contributed by atoms with van der Waals surface area (Å²) >= 11 is 0. The molecule has 4 rings (SSSR count). The zero-order valence-electron chi connectivity index (χ0n) is 12.4. The molecule has 3 aliphatic rings. The second kappa shape index (κ2) is 4.27. The molecule has 1 N–H and O–H groups in total. The molecule has 0 saturated carbocycles. The summed E-state index contributed by atoms with van der Waals surface area (Å²) in [5.41, 5.74) is 1.71. The molecule has 3 heterocycles. The monoisotopic (exact) mass is 299 g/mol. The number of ether oxygens (including phenoxy) is 1. The third-order valence-electron chi connectivity index (χ3n) is 5.15. The number of hydrogen-bond donors (Lipinski definition) is 1. The third-order valence-corrected chi connectivity index (χ3v) is 5.15. The van der Waals surface area contributed by atoms with E-state index in [1.165, 1.54) is 4.90 Å². The van der Waals surface area contributed by atoms with Crippen LogP contribution in [-0.2, 0) is 14.3 Å². The predicted molar refractivity (Wildman–Crippen MR) is 79.2 cm³/mol. The molecule has 5 nitrogen and oxygen atoms in total. The average Bonchev–Trinajstić information content (AvgIpc) is 3.14. The molecule has 2 bridgehead atoms. The SMILES string of the molecule is Cc1ccc(N2C(=O)[C@H]3[C@H]4C=C[C@@](CO)(O4)[C@H]3C2=O)cc1C. The Morgan fingerprint density at radius 1 is 1.23 bits per heavy atom. The summed E-state index contributed by atoms with van der Waals surface area (Å²) in [6, 6.07) is 5.56. The van der Waals surface area contributed by atoms with Gasteiger partial charge in [0.25, 0.3) is 0 Å². The van der Waals surface area contributed by atoms with Crippen LogP contribution in [-0.4, -0.2) is 35.2 Å². The number of aliphatic hydroxyl groups excluding tert-OH is 1. The highest BCUT2D eigenvalue weighted by Gasteiger charge is 2.67. The fourth-order valence-corrected chi connectivity index (χ4v) is 3.80. The van der Waals surface area contributed by atoms with E-state index in [1.54, 1.807) is 18.2 Å². The average molecular weight is 299 g/mol. The lowest BCUT2D eigenvalue weighted by Crippen LogP contribution is -2.43. The largest absolute Gasteiger partial charge is 0.393 e. The van der Waals surface area contributed by atoms with E-state index >= 15 is 0 Å². The van der Waals surface area contributed by atoms with Crippen LogP contribution >= 0.6 is 0 Å². The Hall–Kier alpha value is -1.98. The Morgan fingerprint density at radius 2 is 2.00 bits per heavy atom. The number of nitrogens with zero attached hydrogens (tertiary/aromatic N) is 1. The first-order valence-electron chi connectivity index (χ1n) is 7.41. The maximum atomic E-state index is 12.8. The van der Waals surface area contributed by atoms with Crippen molar-refractivity contribution in [3.63, 3.8) is 0 Å². The highest BCUT2D eigenvalue weighted by molar-refractivity contribution is 6.23. The molecule has 0 spiro atoms. The van der Waals surface area contributed by atoms with Gasteiger partial charge in [0.2, 0.25) is 11.8 Å². The number of fused-ring (bicyclic) bond motifs is 5. The molecule has 3 aliphatic heterocycles. The van der Waals surface area contributed by atoms with Crippen molar-refractivity contribution in [2.75, 3.05) is 11.5 Å². The molecule has 2 amide bonds. The summed E-state index contributed by atoms with van der Waals surface area (Å²) in [4.78, 5) is 26.8. The van der Waals surface area contributed by atoms with Crippen LogP contribution in [0.2, 0.25) is 0 Å². The van der Waals surface area contributed by atoms with Crippen molar-refractivity contribution < 1.29 is 19.4 Å². The lowest BCUT2D eigenvalue weighted by Gasteiger charge is -2.26. The highest BCUT2D eigenvalue weighted by Crippen LogP contribution is 2.52. The number of benzene rings is 1. The number of aryl methyl sites for hydroxylation is 2. The topological polar surface area (TPSA) is 66.8 Å². The Kier molecular flexibility index (Phi) is 2.65. The quantitative estimate of drug-likeness (QED) is 0.656. The molecule has 2 saturated heterocycles. The van der Waals surface area contributed by atoms with Crippen molar-refractivity contribution in [1.82, 2.24) is 0 Å². The van der Waals surface area contributed by atoms with Crippen LogP contribution in [0.3, 0.4) is 0 Å². The van der Waals surface area contributed by atoms with Gasteiger partial charge in [0.05, 0.1) is 30.2 Å². The van der Waals surface area contributed by atoms with Gasteiger partial charge in [-0.15, -0.1) is 0 Å². The standard InChI is InChI=1S/C17H17NO4/c1-9-3-4-11(7-10(9)2)18-15(20)13-12-5-6-17(8-19,22-12)14(13)16(18)21/h3-7,12-14,19H,8H2,1-2H3/t12-,13+,14-,17+/m1/s1. The van der Waals surface area contributed by atoms with E-state index in [2.05, 4.69) is 0 Å². The van der Waals surface area contributed by atoms with E-state index in [1.807, 2.05) is 26.0 Å². The first kappa shape index (κ1) is 13.7. The third kappa shape index (κ3) is 1.50. The fraction of sp³-hybridized carbons (Fsp3) is 0.412. The van der Waals surface area contributed by atoms with E-state index < -0.39 is 23.5 Å². The van der Waals surface area contributed by atoms with Crippen molar-refractivity contribution in [3.05, 3.63) is 41.5 Å². The molecule has 22 heavy (non-hydrogen) atoms. The lowest BCUT2D eigenvalue weighted by molar-refractivity contribution is -0.128. The zero-order valence-corrected chi connectivity index (χ0v) is 12.4.